The lowest BCUT2D eigenvalue weighted by molar-refractivity contribution is -0.140. The summed E-state index contributed by atoms with van der Waals surface area (Å²) in [6.07, 6.45) is 1.74. The van der Waals surface area contributed by atoms with Crippen molar-refractivity contribution >= 4 is 57.4 Å². The summed E-state index contributed by atoms with van der Waals surface area (Å²) in [5.41, 5.74) is 9.32. The first kappa shape index (κ1) is 32.5. The van der Waals surface area contributed by atoms with E-state index in [9.17, 15) is 9.59 Å². The van der Waals surface area contributed by atoms with Gasteiger partial charge in [-0.25, -0.2) is 0 Å². The van der Waals surface area contributed by atoms with Crippen LogP contribution < -0.4 is 9.47 Å². The van der Waals surface area contributed by atoms with Gasteiger partial charge in [-0.05, 0) is 80.4 Å². The Morgan fingerprint density at radius 2 is 1.12 bits per heavy atom. The zero-order valence-electron chi connectivity index (χ0n) is 26.3. The SMILES string of the molecule is COc1ccc(C(=C(c2ccccc2)c2ccc(-c3ccc(/C=C4/SC(=S)N(CC(=O)O)C4=O)cc3)cc2)c2ccc(OC)cc2)cc1. The fraction of sp³-hybridized carbons (Fsp3) is 0.0750. The van der Waals surface area contributed by atoms with Gasteiger partial charge in [-0.3, -0.25) is 14.5 Å². The normalized spacial score (nSPS) is 13.5. The summed E-state index contributed by atoms with van der Waals surface area (Å²) in [6, 6.07) is 43.0. The van der Waals surface area contributed by atoms with Crippen molar-refractivity contribution in [3.05, 3.63) is 160 Å². The number of thiocarbonyl (C=S) groups is 1. The molecule has 0 aromatic heterocycles. The highest BCUT2D eigenvalue weighted by Crippen LogP contribution is 2.39. The maximum Gasteiger partial charge on any atom is 0.323 e. The molecule has 1 amide bonds. The highest BCUT2D eigenvalue weighted by Gasteiger charge is 2.33. The van der Waals surface area contributed by atoms with Crippen molar-refractivity contribution in [1.29, 1.82) is 0 Å². The molecule has 0 aliphatic carbocycles. The van der Waals surface area contributed by atoms with Crippen molar-refractivity contribution in [3.63, 3.8) is 0 Å². The van der Waals surface area contributed by atoms with Crippen molar-refractivity contribution in [2.24, 2.45) is 0 Å². The molecule has 1 N–H and O–H groups in total. The van der Waals surface area contributed by atoms with E-state index < -0.39 is 18.4 Å². The van der Waals surface area contributed by atoms with E-state index in [1.54, 1.807) is 20.3 Å². The number of carboxylic acid groups (broad SMARTS) is 1. The number of hydrogen-bond donors (Lipinski definition) is 1. The first-order valence-electron chi connectivity index (χ1n) is 15.1. The Morgan fingerprint density at radius 3 is 1.58 bits per heavy atom. The molecule has 5 aromatic rings. The van der Waals surface area contributed by atoms with Crippen molar-refractivity contribution in [2.45, 2.75) is 0 Å². The van der Waals surface area contributed by atoms with Crippen LogP contribution in [-0.4, -0.2) is 47.0 Å². The molecule has 0 radical (unpaired) electrons. The number of rotatable bonds is 10. The molecule has 5 aromatic carbocycles. The quantitative estimate of drug-likeness (QED) is 0.0906. The summed E-state index contributed by atoms with van der Waals surface area (Å²) in [6.45, 7) is -0.445. The number of hydrogen-bond acceptors (Lipinski definition) is 6. The Balaban J connectivity index is 1.37. The first-order valence-corrected chi connectivity index (χ1v) is 16.3. The second-order valence-electron chi connectivity index (χ2n) is 10.9. The van der Waals surface area contributed by atoms with Crippen LogP contribution in [0.4, 0.5) is 0 Å². The van der Waals surface area contributed by atoms with Gasteiger partial charge in [0.25, 0.3) is 5.91 Å². The van der Waals surface area contributed by atoms with Crippen molar-refractivity contribution in [2.75, 3.05) is 20.8 Å². The molecule has 1 aliphatic rings. The molecule has 238 valence electrons. The zero-order chi connectivity index (χ0) is 33.6. The van der Waals surface area contributed by atoms with E-state index in [4.69, 9.17) is 26.8 Å². The molecule has 1 fully saturated rings. The second-order valence-corrected chi connectivity index (χ2v) is 12.6. The Morgan fingerprint density at radius 1 is 0.688 bits per heavy atom. The molecule has 0 saturated carbocycles. The van der Waals surface area contributed by atoms with Gasteiger partial charge >= 0.3 is 5.97 Å². The van der Waals surface area contributed by atoms with Crippen LogP contribution in [0.5, 0.6) is 11.5 Å². The molecule has 0 bridgehead atoms. The van der Waals surface area contributed by atoms with Gasteiger partial charge in [0, 0.05) is 0 Å². The van der Waals surface area contributed by atoms with Gasteiger partial charge in [0.1, 0.15) is 22.4 Å². The minimum Gasteiger partial charge on any atom is -0.497 e. The predicted molar refractivity (Wildman–Crippen MR) is 197 cm³/mol. The average Bonchev–Trinajstić information content (AvgIpc) is 3.38. The average molecular weight is 670 g/mol. The summed E-state index contributed by atoms with van der Waals surface area (Å²) < 4.78 is 11.2. The fourth-order valence-electron chi connectivity index (χ4n) is 5.55. The lowest BCUT2D eigenvalue weighted by atomic mass is 9.85. The molecule has 0 spiro atoms. The number of carbonyl (C=O) groups is 2. The maximum atomic E-state index is 12.7. The van der Waals surface area contributed by atoms with Gasteiger partial charge in [0.15, 0.2) is 0 Å². The Hall–Kier alpha value is -5.44. The Bertz CT molecular complexity index is 1970. The third kappa shape index (κ3) is 7.10. The topological polar surface area (TPSA) is 76.1 Å². The van der Waals surface area contributed by atoms with Gasteiger partial charge in [-0.2, -0.15) is 0 Å². The smallest absolute Gasteiger partial charge is 0.323 e. The van der Waals surface area contributed by atoms with Crippen molar-refractivity contribution < 1.29 is 24.2 Å². The number of benzene rings is 5. The first-order chi connectivity index (χ1) is 23.3. The molecule has 1 heterocycles. The number of carbonyl (C=O) groups excluding carboxylic acids is 1. The Labute approximate surface area is 289 Å². The third-order valence-electron chi connectivity index (χ3n) is 7.95. The van der Waals surface area contributed by atoms with Gasteiger partial charge in [-0.1, -0.05) is 127 Å². The third-order valence-corrected chi connectivity index (χ3v) is 9.33. The molecule has 0 unspecified atom stereocenters. The van der Waals surface area contributed by atoms with Crippen LogP contribution in [0.1, 0.15) is 27.8 Å². The molecule has 1 aliphatic heterocycles. The van der Waals surface area contributed by atoms with E-state index in [0.29, 0.717) is 4.91 Å². The van der Waals surface area contributed by atoms with Crippen LogP contribution in [0.2, 0.25) is 0 Å². The van der Waals surface area contributed by atoms with Crippen molar-refractivity contribution in [1.82, 2.24) is 4.90 Å². The molecule has 0 atom stereocenters. The standard InChI is InChI=1S/C40H31NO5S2/c1-45-33-20-16-31(17-21-33)38(32-18-22-34(46-2)23-19-32)37(29-6-4-3-5-7-29)30-14-12-28(13-15-30)27-10-8-26(9-11-27)24-35-39(44)41(25-36(42)43)40(47)48-35/h3-24H,25H2,1-2H3,(H,42,43)/b35-24+. The number of carboxylic acids is 1. The van der Waals surface area contributed by atoms with Crippen LogP contribution in [0, 0.1) is 0 Å². The number of ether oxygens (including phenoxy) is 2. The Kier molecular flexibility index (Phi) is 9.85. The number of amides is 1. The molecular formula is C40H31NO5S2. The number of nitrogens with zero attached hydrogens (tertiary/aromatic N) is 1. The predicted octanol–water partition coefficient (Wildman–Crippen LogP) is 8.66. The minimum atomic E-state index is -1.10. The fourth-order valence-corrected chi connectivity index (χ4v) is 6.81. The second kappa shape index (κ2) is 14.5. The molecule has 48 heavy (non-hydrogen) atoms. The van der Waals surface area contributed by atoms with E-state index in [2.05, 4.69) is 72.8 Å². The number of thioether (sulfide) groups is 1. The number of methoxy groups -OCH3 is 2. The summed E-state index contributed by atoms with van der Waals surface area (Å²) in [5, 5.41) is 9.10. The highest BCUT2D eigenvalue weighted by atomic mass is 32.2. The lowest BCUT2D eigenvalue weighted by Gasteiger charge is -2.19. The van der Waals surface area contributed by atoms with Gasteiger partial charge in [0.2, 0.25) is 0 Å². The van der Waals surface area contributed by atoms with E-state index in [-0.39, 0.29) is 4.32 Å². The zero-order valence-corrected chi connectivity index (χ0v) is 27.9. The number of aliphatic carboxylic acids is 1. The van der Waals surface area contributed by atoms with Gasteiger partial charge in [0.05, 0.1) is 19.1 Å². The minimum absolute atomic E-state index is 0.247. The molecule has 6 rings (SSSR count). The maximum absolute atomic E-state index is 12.7. The van der Waals surface area contributed by atoms with E-state index in [1.807, 2.05) is 54.6 Å². The molecular weight excluding hydrogens is 639 g/mol. The lowest BCUT2D eigenvalue weighted by Crippen LogP contribution is -2.33. The largest absolute Gasteiger partial charge is 0.497 e. The van der Waals surface area contributed by atoms with Crippen LogP contribution in [0.25, 0.3) is 28.3 Å². The van der Waals surface area contributed by atoms with E-state index in [1.165, 1.54) is 0 Å². The van der Waals surface area contributed by atoms with Crippen molar-refractivity contribution in [3.8, 4) is 22.6 Å². The molecule has 6 nitrogen and oxygen atoms in total. The monoisotopic (exact) mass is 669 g/mol. The van der Waals surface area contributed by atoms with Crippen LogP contribution in [0.3, 0.4) is 0 Å². The summed E-state index contributed by atoms with van der Waals surface area (Å²) in [7, 11) is 3.33. The summed E-state index contributed by atoms with van der Waals surface area (Å²) in [4.78, 5) is 25.3. The van der Waals surface area contributed by atoms with Crippen LogP contribution >= 0.6 is 24.0 Å². The van der Waals surface area contributed by atoms with Crippen LogP contribution in [-0.2, 0) is 9.59 Å². The summed E-state index contributed by atoms with van der Waals surface area (Å²) >= 11 is 6.33. The van der Waals surface area contributed by atoms with Crippen LogP contribution in [0.15, 0.2) is 132 Å². The van der Waals surface area contributed by atoms with E-state index >= 15 is 0 Å². The molecule has 1 saturated heterocycles. The van der Waals surface area contributed by atoms with Gasteiger partial charge < -0.3 is 14.6 Å². The highest BCUT2D eigenvalue weighted by molar-refractivity contribution is 8.26. The van der Waals surface area contributed by atoms with E-state index in [0.717, 1.165) is 78.3 Å². The van der Waals surface area contributed by atoms with Gasteiger partial charge in [-0.15, -0.1) is 0 Å². The summed E-state index contributed by atoms with van der Waals surface area (Å²) in [5.74, 6) is 0.0840. The molecule has 8 heteroatoms.